The molecule has 0 bridgehead atoms. The van der Waals surface area contributed by atoms with Gasteiger partial charge in [-0.15, -0.1) is 0 Å². The number of benzene rings is 4. The highest BCUT2D eigenvalue weighted by Gasteiger charge is 2.39. The van der Waals surface area contributed by atoms with Crippen molar-refractivity contribution in [3.05, 3.63) is 142 Å². The second-order valence-electron chi connectivity index (χ2n) is 28.4. The minimum Gasteiger partial charge on any atom is -0.484 e. The third-order valence-electron chi connectivity index (χ3n) is 15.1. The molecule has 0 aliphatic carbocycles. The molecule has 2 heterocycles. The monoisotopic (exact) mass is 1430 g/mol. The molecule has 0 N–H and O–H groups in total. The minimum atomic E-state index is -2.08. The summed E-state index contributed by atoms with van der Waals surface area (Å²) in [5, 5.41) is 1.35. The van der Waals surface area contributed by atoms with E-state index in [1.807, 2.05) is 6.07 Å². The van der Waals surface area contributed by atoms with Crippen molar-refractivity contribution < 1.29 is 64.1 Å². The maximum Gasteiger partial charge on any atom is 0.353 e. The summed E-state index contributed by atoms with van der Waals surface area (Å²) < 4.78 is 60.7. The molecule has 0 fully saturated rings. The predicted molar refractivity (Wildman–Crippen MR) is 398 cm³/mol. The van der Waals surface area contributed by atoms with Crippen LogP contribution in [-0.2, 0) is 16.5 Å². The molecule has 4 aromatic carbocycles. The molecule has 0 saturated heterocycles. The third kappa shape index (κ3) is 30.5. The van der Waals surface area contributed by atoms with Gasteiger partial charge in [0.2, 0.25) is 0 Å². The second-order valence-corrected chi connectivity index (χ2v) is 55.9. The molecule has 0 unspecified atom stereocenters. The molecule has 0 radical (unpaired) electrons. The number of unbranched alkanes of at least 4 members (excludes halogenated alkanes) is 16. The Kier molecular flexibility index (Phi) is 31.1. The summed E-state index contributed by atoms with van der Waals surface area (Å²) in [7, 11) is -10.8. The van der Waals surface area contributed by atoms with Crippen molar-refractivity contribution in [2.75, 3.05) is 13.2 Å². The van der Waals surface area contributed by atoms with Crippen LogP contribution in [0.1, 0.15) is 156 Å². The number of thiophene rings is 2. The molecule has 0 aliphatic heterocycles. The van der Waals surface area contributed by atoms with Crippen molar-refractivity contribution in [2.24, 2.45) is 0 Å². The number of esters is 4. The Morgan fingerprint density at radius 2 is 0.649 bits per heavy atom. The molecule has 0 saturated carbocycles. The van der Waals surface area contributed by atoms with Crippen LogP contribution in [0, 0.1) is 0 Å². The van der Waals surface area contributed by atoms with Crippen LogP contribution in [0.15, 0.2) is 121 Å². The van der Waals surface area contributed by atoms with Crippen LogP contribution in [0.2, 0.25) is 104 Å². The fourth-order valence-electron chi connectivity index (χ4n) is 11.5. The topological polar surface area (TPSA) is 161 Å². The fraction of sp³-hybridized carbons (Fsp3) is 0.500. The van der Waals surface area contributed by atoms with Crippen LogP contribution in [0.4, 0.5) is 0 Å². The van der Waals surface area contributed by atoms with E-state index < -0.39 is 74.3 Å². The number of carbonyl (C=O) groups is 4. The van der Waals surface area contributed by atoms with Gasteiger partial charge in [0.15, 0.2) is 43.4 Å². The van der Waals surface area contributed by atoms with Crippen LogP contribution >= 0.6 is 22.7 Å². The first-order valence-electron chi connectivity index (χ1n) is 33.9. The van der Waals surface area contributed by atoms with Crippen molar-refractivity contribution in [3.63, 3.8) is 0 Å². The molecule has 22 heteroatoms. The maximum atomic E-state index is 13.2. The standard InChI is InChI=1S/C72H106O14S2Si6/c1-89(2,3)83-93(11,12)85-91(7,8)54-31-27-23-19-15-17-21-25-29-52-77-67-50-48-65(87-67)71(75)80-62-44-38-58(39-45-62)69(73)79-61-42-36-57(37-43-61)60-34-33-35-64(56-60)82-70(74)59-40-46-63(47-41-59)81-72(76)66-49-51-68(88-66)78-53-30-26-22-18-16-20-24-28-32-55-92(9,10)86-94(13,14)84-90(4,5)6/h33-51,56H,15-32,52-55H2,1-14H3. The Balaban J connectivity index is 0.804. The summed E-state index contributed by atoms with van der Waals surface area (Å²) in [5.74, 6) is -0.914. The number of ether oxygens (including phenoxy) is 6. The van der Waals surface area contributed by atoms with E-state index in [9.17, 15) is 19.2 Å². The zero-order valence-corrected chi connectivity index (χ0v) is 66.3. The summed E-state index contributed by atoms with van der Waals surface area (Å²) in [6.07, 6.45) is 21.6. The normalized spacial score (nSPS) is 12.4. The van der Waals surface area contributed by atoms with Gasteiger partial charge >= 0.3 is 41.0 Å². The summed E-state index contributed by atoms with van der Waals surface area (Å²) in [4.78, 5) is 53.2. The lowest BCUT2D eigenvalue weighted by Crippen LogP contribution is -2.51. The van der Waals surface area contributed by atoms with Crippen LogP contribution < -0.4 is 28.4 Å². The van der Waals surface area contributed by atoms with E-state index >= 15 is 0 Å². The molecule has 6 aromatic rings. The molecule has 0 atom stereocenters. The Morgan fingerprint density at radius 1 is 0.319 bits per heavy atom. The van der Waals surface area contributed by atoms with Gasteiger partial charge in [-0.25, -0.2) is 19.2 Å². The molecule has 0 spiro atoms. The summed E-state index contributed by atoms with van der Waals surface area (Å²) in [6, 6.07) is 35.9. The fourth-order valence-corrected chi connectivity index (χ4v) is 39.6. The van der Waals surface area contributed by atoms with Gasteiger partial charge in [-0.2, -0.15) is 0 Å². The highest BCUT2D eigenvalue weighted by Crippen LogP contribution is 2.32. The van der Waals surface area contributed by atoms with E-state index in [0.717, 1.165) is 36.8 Å². The molecule has 14 nitrogen and oxygen atoms in total. The van der Waals surface area contributed by atoms with Crippen LogP contribution in [0.3, 0.4) is 0 Å². The Hall–Kier alpha value is -5.10. The van der Waals surface area contributed by atoms with E-state index in [1.54, 1.807) is 115 Å². The summed E-state index contributed by atoms with van der Waals surface area (Å²) in [6.45, 7) is 32.8. The summed E-state index contributed by atoms with van der Waals surface area (Å²) in [5.41, 5.74) is 2.14. The van der Waals surface area contributed by atoms with Crippen molar-refractivity contribution in [3.8, 4) is 44.3 Å². The van der Waals surface area contributed by atoms with Gasteiger partial charge in [0.1, 0.15) is 32.8 Å². The molecule has 6 rings (SSSR count). The zero-order valence-electron chi connectivity index (χ0n) is 58.6. The molecule has 94 heavy (non-hydrogen) atoms. The highest BCUT2D eigenvalue weighted by atomic mass is 32.1. The van der Waals surface area contributed by atoms with Gasteiger partial charge in [-0.1, -0.05) is 150 Å². The lowest BCUT2D eigenvalue weighted by atomic mass is 10.1. The quantitative estimate of drug-likeness (QED) is 0.0154. The van der Waals surface area contributed by atoms with Crippen LogP contribution in [0.5, 0.6) is 33.1 Å². The summed E-state index contributed by atoms with van der Waals surface area (Å²) >= 11 is 2.50. The number of rotatable bonds is 43. The van der Waals surface area contributed by atoms with Crippen LogP contribution in [-0.4, -0.2) is 87.5 Å². The first-order valence-corrected chi connectivity index (χ1v) is 54.3. The number of carbonyl (C=O) groups excluding carboxylic acids is 4. The smallest absolute Gasteiger partial charge is 0.353 e. The van der Waals surface area contributed by atoms with Gasteiger partial charge in [0.05, 0.1) is 24.3 Å². The maximum absolute atomic E-state index is 13.2. The number of hydrogen-bond donors (Lipinski definition) is 0. The molecule has 2 aromatic heterocycles. The SMILES string of the molecule is C[Si](C)(C)O[Si](C)(C)O[Si](C)(C)CCCCCCCCCCCOc1ccc(C(=O)Oc2ccc(C(=O)Oc3ccc(-c4cccc(OC(=O)c5ccc(OC(=O)c6ccc(OCCCCCCCCCCC[Si](C)(C)O[Si](C)(C)O[Si](C)(C)C)s6)cc5)c4)cc3)cc2)s1. The highest BCUT2D eigenvalue weighted by molar-refractivity contribution is 7.16. The van der Waals surface area contributed by atoms with E-state index in [-0.39, 0.29) is 11.1 Å². The van der Waals surface area contributed by atoms with E-state index in [2.05, 4.69) is 91.7 Å². The van der Waals surface area contributed by atoms with Gasteiger partial charge in [0.25, 0.3) is 0 Å². The van der Waals surface area contributed by atoms with Crippen molar-refractivity contribution in [2.45, 2.75) is 219 Å². The molecule has 0 aliphatic rings. The Bertz CT molecular complexity index is 3280. The van der Waals surface area contributed by atoms with Crippen LogP contribution in [0.25, 0.3) is 11.1 Å². The Labute approximate surface area is 576 Å². The van der Waals surface area contributed by atoms with E-state index in [1.165, 1.54) is 125 Å². The van der Waals surface area contributed by atoms with Crippen molar-refractivity contribution in [1.82, 2.24) is 0 Å². The lowest BCUT2D eigenvalue weighted by molar-refractivity contribution is 0.0722. The lowest BCUT2D eigenvalue weighted by Gasteiger charge is -2.37. The first kappa shape index (κ1) is 77.9. The Morgan fingerprint density at radius 3 is 1.02 bits per heavy atom. The van der Waals surface area contributed by atoms with Gasteiger partial charge in [-0.05, 0) is 225 Å². The van der Waals surface area contributed by atoms with Gasteiger partial charge in [0, 0.05) is 0 Å². The molecular formula is C72H106O14S2Si6. The van der Waals surface area contributed by atoms with Crippen molar-refractivity contribution >= 4 is 96.9 Å². The second kappa shape index (κ2) is 37.6. The minimum absolute atomic E-state index is 0.279. The largest absolute Gasteiger partial charge is 0.484 e. The van der Waals surface area contributed by atoms with Crippen molar-refractivity contribution in [1.29, 1.82) is 0 Å². The van der Waals surface area contributed by atoms with Gasteiger partial charge in [-0.3, -0.25) is 0 Å². The average molecular weight is 1430 g/mol. The van der Waals surface area contributed by atoms with E-state index in [0.29, 0.717) is 56.1 Å². The average Bonchev–Trinajstić information content (AvgIpc) is 1.10. The molecular weight excluding hydrogens is 1320 g/mol. The predicted octanol–water partition coefficient (Wildman–Crippen LogP) is 21.7. The molecule has 0 amide bonds. The van der Waals surface area contributed by atoms with E-state index in [4.69, 9.17) is 44.9 Å². The third-order valence-corrected chi connectivity index (χ3v) is 37.3. The van der Waals surface area contributed by atoms with Gasteiger partial charge < -0.3 is 44.9 Å². The zero-order chi connectivity index (χ0) is 68.4. The number of hydrogen-bond acceptors (Lipinski definition) is 16. The first-order chi connectivity index (χ1) is 44.4. The molecule has 514 valence electrons.